The maximum Gasteiger partial charge on any atom is 0.0749 e. The van der Waals surface area contributed by atoms with E-state index in [1.165, 1.54) is 0 Å². The Morgan fingerprint density at radius 3 is 2.43 bits per heavy atom. The first kappa shape index (κ1) is 16.0. The standard InChI is InChI=1S/C15H14Cl3N3/c1-2-14(11-7-9(16)3-5-13(11)19)20-21-15-6-4-10(17)8-12(15)18/h3-8,21H,2,19H2,1H3/b20-14+. The predicted octanol–water partition coefficient (Wildman–Crippen LogP) is 5.46. The summed E-state index contributed by atoms with van der Waals surface area (Å²) >= 11 is 18.0. The maximum absolute atomic E-state index is 6.10. The highest BCUT2D eigenvalue weighted by Crippen LogP contribution is 2.26. The van der Waals surface area contributed by atoms with Crippen LogP contribution in [0.2, 0.25) is 15.1 Å². The molecule has 2 rings (SSSR count). The molecule has 21 heavy (non-hydrogen) atoms. The average Bonchev–Trinajstić information content (AvgIpc) is 2.45. The number of nitrogens with one attached hydrogen (secondary N) is 1. The second-order valence-corrected chi connectivity index (χ2v) is 5.66. The Kier molecular flexibility index (Phi) is 5.34. The van der Waals surface area contributed by atoms with E-state index < -0.39 is 0 Å². The third-order valence-electron chi connectivity index (χ3n) is 2.90. The van der Waals surface area contributed by atoms with E-state index in [9.17, 15) is 0 Å². The first-order valence-corrected chi connectivity index (χ1v) is 7.47. The van der Waals surface area contributed by atoms with Gasteiger partial charge in [-0.05, 0) is 42.8 Å². The molecular formula is C15H14Cl3N3. The minimum atomic E-state index is 0.501. The summed E-state index contributed by atoms with van der Waals surface area (Å²) in [7, 11) is 0. The number of anilines is 2. The highest BCUT2D eigenvalue weighted by molar-refractivity contribution is 6.36. The summed E-state index contributed by atoms with van der Waals surface area (Å²) in [6, 6.07) is 10.5. The number of hydrogen-bond acceptors (Lipinski definition) is 3. The monoisotopic (exact) mass is 341 g/mol. The molecule has 0 saturated carbocycles. The van der Waals surface area contributed by atoms with Gasteiger partial charge < -0.3 is 5.73 Å². The van der Waals surface area contributed by atoms with Crippen molar-refractivity contribution in [3.05, 3.63) is 57.0 Å². The summed E-state index contributed by atoms with van der Waals surface area (Å²) in [5.74, 6) is 0. The minimum Gasteiger partial charge on any atom is -0.398 e. The highest BCUT2D eigenvalue weighted by Gasteiger charge is 2.08. The van der Waals surface area contributed by atoms with E-state index in [0.717, 1.165) is 11.3 Å². The fourth-order valence-corrected chi connectivity index (χ4v) is 2.44. The summed E-state index contributed by atoms with van der Waals surface area (Å²) < 4.78 is 0. The number of hydrogen-bond donors (Lipinski definition) is 2. The van der Waals surface area contributed by atoms with Crippen molar-refractivity contribution in [2.75, 3.05) is 11.2 Å². The van der Waals surface area contributed by atoms with Gasteiger partial charge in [-0.3, -0.25) is 5.43 Å². The van der Waals surface area contributed by atoms with E-state index in [2.05, 4.69) is 10.5 Å². The lowest BCUT2D eigenvalue weighted by Crippen LogP contribution is -2.06. The molecule has 0 aliphatic carbocycles. The number of hydrazone groups is 1. The van der Waals surface area contributed by atoms with Crippen LogP contribution in [0, 0.1) is 0 Å². The number of nitrogens with zero attached hydrogens (tertiary/aromatic N) is 1. The summed E-state index contributed by atoms with van der Waals surface area (Å²) in [6.07, 6.45) is 0.697. The number of nitrogen functional groups attached to an aromatic ring is 1. The van der Waals surface area contributed by atoms with E-state index in [4.69, 9.17) is 40.5 Å². The van der Waals surface area contributed by atoms with Crippen molar-refractivity contribution in [2.45, 2.75) is 13.3 Å². The molecule has 2 aromatic carbocycles. The van der Waals surface area contributed by atoms with Gasteiger partial charge in [0.1, 0.15) is 0 Å². The molecule has 0 heterocycles. The normalized spacial score (nSPS) is 11.5. The van der Waals surface area contributed by atoms with Gasteiger partial charge in [-0.25, -0.2) is 0 Å². The molecule has 0 aromatic heterocycles. The van der Waals surface area contributed by atoms with Gasteiger partial charge in [-0.1, -0.05) is 41.7 Å². The molecule has 0 spiro atoms. The lowest BCUT2D eigenvalue weighted by Gasteiger charge is -2.10. The van der Waals surface area contributed by atoms with Crippen molar-refractivity contribution in [1.29, 1.82) is 0 Å². The Morgan fingerprint density at radius 2 is 1.76 bits per heavy atom. The van der Waals surface area contributed by atoms with Crippen LogP contribution in [0.5, 0.6) is 0 Å². The van der Waals surface area contributed by atoms with Crippen molar-refractivity contribution >= 4 is 51.9 Å². The van der Waals surface area contributed by atoms with Crippen LogP contribution in [-0.2, 0) is 0 Å². The van der Waals surface area contributed by atoms with Crippen molar-refractivity contribution in [2.24, 2.45) is 5.10 Å². The van der Waals surface area contributed by atoms with Gasteiger partial charge in [-0.15, -0.1) is 0 Å². The van der Waals surface area contributed by atoms with Crippen LogP contribution in [0.1, 0.15) is 18.9 Å². The fraction of sp³-hybridized carbons (Fsp3) is 0.133. The highest BCUT2D eigenvalue weighted by atomic mass is 35.5. The van der Waals surface area contributed by atoms with E-state index in [-0.39, 0.29) is 0 Å². The van der Waals surface area contributed by atoms with Gasteiger partial charge in [0.25, 0.3) is 0 Å². The largest absolute Gasteiger partial charge is 0.398 e. The van der Waals surface area contributed by atoms with Gasteiger partial charge in [0.15, 0.2) is 0 Å². The Hall–Kier alpha value is -1.42. The maximum atomic E-state index is 6.10. The average molecular weight is 343 g/mol. The first-order valence-electron chi connectivity index (χ1n) is 6.34. The van der Waals surface area contributed by atoms with E-state index in [1.807, 2.05) is 6.92 Å². The van der Waals surface area contributed by atoms with Gasteiger partial charge >= 0.3 is 0 Å². The molecule has 0 amide bonds. The zero-order chi connectivity index (χ0) is 15.4. The lowest BCUT2D eigenvalue weighted by atomic mass is 10.1. The molecule has 0 bridgehead atoms. The molecule has 0 unspecified atom stereocenters. The molecule has 2 aromatic rings. The molecular weight excluding hydrogens is 329 g/mol. The van der Waals surface area contributed by atoms with E-state index >= 15 is 0 Å². The Balaban J connectivity index is 2.30. The predicted molar refractivity (Wildman–Crippen MR) is 92.8 cm³/mol. The van der Waals surface area contributed by atoms with E-state index in [1.54, 1.807) is 36.4 Å². The number of nitrogens with two attached hydrogens (primary N) is 1. The SMILES string of the molecule is CC/C(=N\Nc1ccc(Cl)cc1Cl)c1cc(Cl)ccc1N. The molecule has 110 valence electrons. The topological polar surface area (TPSA) is 50.4 Å². The van der Waals surface area contributed by atoms with Gasteiger partial charge in [0, 0.05) is 21.3 Å². The third kappa shape index (κ3) is 4.03. The van der Waals surface area contributed by atoms with Crippen LogP contribution >= 0.6 is 34.8 Å². The second-order valence-electron chi connectivity index (χ2n) is 4.38. The first-order chi connectivity index (χ1) is 10.0. The zero-order valence-electron chi connectivity index (χ0n) is 11.3. The minimum absolute atomic E-state index is 0.501. The van der Waals surface area contributed by atoms with Gasteiger partial charge in [-0.2, -0.15) is 5.10 Å². The zero-order valence-corrected chi connectivity index (χ0v) is 13.6. The summed E-state index contributed by atoms with van der Waals surface area (Å²) in [5, 5.41) is 6.07. The van der Waals surface area contributed by atoms with Gasteiger partial charge in [0.05, 0.1) is 16.4 Å². The van der Waals surface area contributed by atoms with Crippen molar-refractivity contribution in [3.63, 3.8) is 0 Å². The smallest absolute Gasteiger partial charge is 0.0749 e. The molecule has 3 nitrogen and oxygen atoms in total. The van der Waals surface area contributed by atoms with Crippen LogP contribution in [0.15, 0.2) is 41.5 Å². The number of benzene rings is 2. The van der Waals surface area contributed by atoms with E-state index in [0.29, 0.717) is 32.9 Å². The molecule has 0 atom stereocenters. The Labute approximate surface area is 138 Å². The quantitative estimate of drug-likeness (QED) is 0.440. The number of halogens is 3. The summed E-state index contributed by atoms with van der Waals surface area (Å²) in [5.41, 5.74) is 11.8. The van der Waals surface area contributed by atoms with Crippen molar-refractivity contribution < 1.29 is 0 Å². The molecule has 0 aliphatic heterocycles. The Morgan fingerprint density at radius 1 is 1.10 bits per heavy atom. The van der Waals surface area contributed by atoms with Crippen LogP contribution in [0.3, 0.4) is 0 Å². The van der Waals surface area contributed by atoms with Crippen molar-refractivity contribution in [3.8, 4) is 0 Å². The molecule has 0 radical (unpaired) electrons. The second kappa shape index (κ2) is 7.03. The molecule has 6 heteroatoms. The summed E-state index contributed by atoms with van der Waals surface area (Å²) in [4.78, 5) is 0. The van der Waals surface area contributed by atoms with Crippen LogP contribution < -0.4 is 11.2 Å². The third-order valence-corrected chi connectivity index (χ3v) is 3.69. The van der Waals surface area contributed by atoms with Gasteiger partial charge in [0.2, 0.25) is 0 Å². The summed E-state index contributed by atoms with van der Waals surface area (Å²) in [6.45, 7) is 1.99. The molecule has 3 N–H and O–H groups in total. The Bertz CT molecular complexity index is 684. The van der Waals surface area contributed by atoms with Crippen LogP contribution in [0.25, 0.3) is 0 Å². The van der Waals surface area contributed by atoms with Crippen LogP contribution in [0.4, 0.5) is 11.4 Å². The van der Waals surface area contributed by atoms with Crippen LogP contribution in [-0.4, -0.2) is 5.71 Å². The molecule has 0 saturated heterocycles. The fourth-order valence-electron chi connectivity index (χ4n) is 1.82. The molecule has 0 fully saturated rings. The lowest BCUT2D eigenvalue weighted by molar-refractivity contribution is 1.22. The number of rotatable bonds is 4. The van der Waals surface area contributed by atoms with Crippen molar-refractivity contribution in [1.82, 2.24) is 0 Å². The molecule has 0 aliphatic rings.